The molecular formula is C23H26ClF3N4O6S. The Bertz CT molecular complexity index is 1340. The number of nitrogens with zero attached hydrogens (tertiary/aromatic N) is 2. The summed E-state index contributed by atoms with van der Waals surface area (Å²) < 4.78 is 69.1. The molecule has 2 amide bonds. The van der Waals surface area contributed by atoms with E-state index in [1.54, 1.807) is 4.90 Å². The van der Waals surface area contributed by atoms with Crippen molar-refractivity contribution in [2.75, 3.05) is 36.5 Å². The van der Waals surface area contributed by atoms with Crippen LogP contribution in [0.5, 0.6) is 5.75 Å². The van der Waals surface area contributed by atoms with Gasteiger partial charge in [0, 0.05) is 49.0 Å². The third kappa shape index (κ3) is 6.99. The van der Waals surface area contributed by atoms with Crippen LogP contribution in [0.15, 0.2) is 35.2 Å². The summed E-state index contributed by atoms with van der Waals surface area (Å²) in [7, 11) is -2.54. The largest absolute Gasteiger partial charge is 0.573 e. The molecule has 0 radical (unpaired) electrons. The highest BCUT2D eigenvalue weighted by molar-refractivity contribution is 7.91. The lowest BCUT2D eigenvalue weighted by Gasteiger charge is -2.24. The zero-order valence-electron chi connectivity index (χ0n) is 20.4. The Morgan fingerprint density at radius 3 is 2.58 bits per heavy atom. The maximum absolute atomic E-state index is 13.4. The Morgan fingerprint density at radius 1 is 1.29 bits per heavy atom. The second kappa shape index (κ2) is 11.3. The number of nitrogen functional groups attached to an aromatic ring is 1. The highest BCUT2D eigenvalue weighted by Gasteiger charge is 2.34. The number of nitrogens with one attached hydrogen (secondary N) is 1. The normalized spacial score (nSPS) is 16.3. The van der Waals surface area contributed by atoms with Crippen molar-refractivity contribution in [1.29, 1.82) is 0 Å². The van der Waals surface area contributed by atoms with Crippen LogP contribution in [0.1, 0.15) is 29.3 Å². The Hall–Kier alpha value is -3.23. The number of likely N-dealkylation sites (tertiary alicyclic amines) is 1. The van der Waals surface area contributed by atoms with E-state index in [1.807, 2.05) is 0 Å². The molecule has 2 aromatic rings. The highest BCUT2D eigenvalue weighted by atomic mass is 35.5. The molecule has 1 aliphatic heterocycles. The SMILES string of the molecule is CCS(=O)(=O)c1ccc(Cl)cc1N(C)C(=O)c1cc(OC(F)(F)F)c(CN2CC[C@@H](NC(=O)O)C2)cc1N. The number of hydrogen-bond donors (Lipinski definition) is 3. The van der Waals surface area contributed by atoms with Crippen LogP contribution in [0, 0.1) is 0 Å². The first-order chi connectivity index (χ1) is 17.6. The molecule has 0 spiro atoms. The lowest BCUT2D eigenvalue weighted by Crippen LogP contribution is -2.36. The molecule has 2 aromatic carbocycles. The molecule has 38 heavy (non-hydrogen) atoms. The number of carboxylic acid groups (broad SMARTS) is 1. The van der Waals surface area contributed by atoms with Gasteiger partial charge in [-0.15, -0.1) is 13.2 Å². The average molecular weight is 579 g/mol. The monoisotopic (exact) mass is 578 g/mol. The minimum absolute atomic E-state index is 0.0343. The van der Waals surface area contributed by atoms with Crippen molar-refractivity contribution >= 4 is 44.8 Å². The van der Waals surface area contributed by atoms with Crippen LogP contribution >= 0.6 is 11.6 Å². The van der Waals surface area contributed by atoms with Crippen LogP contribution in [-0.4, -0.2) is 68.7 Å². The number of nitrogens with two attached hydrogens (primary N) is 1. The van der Waals surface area contributed by atoms with Gasteiger partial charge in [0.1, 0.15) is 5.75 Å². The molecule has 1 atom stereocenters. The van der Waals surface area contributed by atoms with Gasteiger partial charge >= 0.3 is 12.5 Å². The number of carbonyl (C=O) groups is 2. The summed E-state index contributed by atoms with van der Waals surface area (Å²) >= 11 is 6.03. The van der Waals surface area contributed by atoms with Crippen LogP contribution in [-0.2, 0) is 16.4 Å². The molecule has 4 N–H and O–H groups in total. The van der Waals surface area contributed by atoms with E-state index in [-0.39, 0.29) is 51.3 Å². The van der Waals surface area contributed by atoms with Gasteiger partial charge in [-0.25, -0.2) is 13.2 Å². The van der Waals surface area contributed by atoms with Crippen LogP contribution in [0.25, 0.3) is 0 Å². The van der Waals surface area contributed by atoms with Gasteiger partial charge in [0.05, 0.1) is 21.9 Å². The van der Waals surface area contributed by atoms with Gasteiger partial charge < -0.3 is 25.8 Å². The van der Waals surface area contributed by atoms with Crippen molar-refractivity contribution in [1.82, 2.24) is 10.2 Å². The van der Waals surface area contributed by atoms with Gasteiger partial charge in [-0.1, -0.05) is 18.5 Å². The molecule has 0 aromatic heterocycles. The van der Waals surface area contributed by atoms with Gasteiger partial charge in [0.25, 0.3) is 5.91 Å². The number of hydrogen-bond acceptors (Lipinski definition) is 7. The Morgan fingerprint density at radius 2 is 1.97 bits per heavy atom. The summed E-state index contributed by atoms with van der Waals surface area (Å²) in [5, 5.41) is 11.4. The fraction of sp³-hybridized carbons (Fsp3) is 0.391. The zero-order chi connectivity index (χ0) is 28.4. The second-order valence-corrected chi connectivity index (χ2v) is 11.3. The van der Waals surface area contributed by atoms with Gasteiger partial charge in [0.15, 0.2) is 9.84 Å². The summed E-state index contributed by atoms with van der Waals surface area (Å²) in [6.45, 7) is 2.03. The van der Waals surface area contributed by atoms with E-state index in [4.69, 9.17) is 22.4 Å². The molecular weight excluding hydrogens is 553 g/mol. The Balaban J connectivity index is 1.98. The number of anilines is 2. The van der Waals surface area contributed by atoms with Crippen LogP contribution in [0.3, 0.4) is 0 Å². The smallest absolute Gasteiger partial charge is 0.465 e. The highest BCUT2D eigenvalue weighted by Crippen LogP contribution is 2.35. The van der Waals surface area contributed by atoms with Crippen LogP contribution < -0.4 is 20.7 Å². The fourth-order valence-electron chi connectivity index (χ4n) is 4.14. The summed E-state index contributed by atoms with van der Waals surface area (Å²) in [6, 6.07) is 5.50. The Labute approximate surface area is 222 Å². The van der Waals surface area contributed by atoms with Crippen molar-refractivity contribution in [3.05, 3.63) is 46.5 Å². The number of ether oxygens (including phenoxy) is 1. The lowest BCUT2D eigenvalue weighted by atomic mass is 10.1. The first-order valence-electron chi connectivity index (χ1n) is 11.3. The first kappa shape index (κ1) is 29.3. The molecule has 208 valence electrons. The van der Waals surface area contributed by atoms with E-state index in [1.165, 1.54) is 38.2 Å². The standard InChI is InChI=1S/C23H26ClF3N4O6S/c1-3-38(35,36)20-5-4-14(24)9-18(20)30(2)21(32)16-10-19(37-23(25,26)27)13(8-17(16)28)11-31-7-6-15(12-31)29-22(33)34/h4-5,8-10,15,29H,3,6-7,11-12,28H2,1-2H3,(H,33,34)/t15-/m1/s1. The molecule has 0 saturated carbocycles. The predicted molar refractivity (Wildman–Crippen MR) is 134 cm³/mol. The number of benzene rings is 2. The quantitative estimate of drug-likeness (QED) is 0.402. The summed E-state index contributed by atoms with van der Waals surface area (Å²) in [5.41, 5.74) is 5.54. The van der Waals surface area contributed by atoms with Crippen molar-refractivity contribution in [2.24, 2.45) is 0 Å². The number of halogens is 4. The topological polar surface area (TPSA) is 142 Å². The molecule has 1 fully saturated rings. The maximum atomic E-state index is 13.4. The predicted octanol–water partition coefficient (Wildman–Crippen LogP) is 3.73. The van der Waals surface area contributed by atoms with Gasteiger partial charge in [-0.3, -0.25) is 9.69 Å². The number of carbonyl (C=O) groups excluding carboxylic acids is 1. The summed E-state index contributed by atoms with van der Waals surface area (Å²) in [4.78, 5) is 26.7. The number of sulfone groups is 1. The van der Waals surface area contributed by atoms with Gasteiger partial charge in [-0.05, 0) is 36.8 Å². The van der Waals surface area contributed by atoms with E-state index in [2.05, 4.69) is 10.1 Å². The number of alkyl halides is 3. The van der Waals surface area contributed by atoms with Crippen LogP contribution in [0.2, 0.25) is 5.02 Å². The fourth-order valence-corrected chi connectivity index (χ4v) is 5.41. The van der Waals surface area contributed by atoms with E-state index in [0.29, 0.717) is 13.0 Å². The van der Waals surface area contributed by atoms with Crippen molar-refractivity contribution in [3.8, 4) is 5.75 Å². The Kier molecular flexibility index (Phi) is 8.68. The molecule has 15 heteroatoms. The number of rotatable bonds is 8. The molecule has 3 rings (SSSR count). The van der Waals surface area contributed by atoms with Gasteiger partial charge in [0.2, 0.25) is 0 Å². The molecule has 1 heterocycles. The molecule has 10 nitrogen and oxygen atoms in total. The lowest BCUT2D eigenvalue weighted by molar-refractivity contribution is -0.275. The molecule has 0 bridgehead atoms. The average Bonchev–Trinajstić information content (AvgIpc) is 3.24. The first-order valence-corrected chi connectivity index (χ1v) is 13.3. The zero-order valence-corrected chi connectivity index (χ0v) is 22.0. The van der Waals surface area contributed by atoms with E-state index >= 15 is 0 Å². The van der Waals surface area contributed by atoms with E-state index < -0.39 is 40.0 Å². The maximum Gasteiger partial charge on any atom is 0.573 e. The molecule has 0 aliphatic carbocycles. The van der Waals surface area contributed by atoms with E-state index in [9.17, 15) is 31.2 Å². The number of amides is 2. The third-order valence-electron chi connectivity index (χ3n) is 5.98. The summed E-state index contributed by atoms with van der Waals surface area (Å²) in [6.07, 6.45) is -5.82. The van der Waals surface area contributed by atoms with Crippen molar-refractivity contribution in [3.63, 3.8) is 0 Å². The molecule has 1 aliphatic rings. The van der Waals surface area contributed by atoms with Crippen molar-refractivity contribution in [2.45, 2.75) is 37.2 Å². The van der Waals surface area contributed by atoms with Crippen LogP contribution in [0.4, 0.5) is 29.3 Å². The summed E-state index contributed by atoms with van der Waals surface area (Å²) in [5.74, 6) is -1.81. The minimum atomic E-state index is -5.08. The molecule has 1 saturated heterocycles. The van der Waals surface area contributed by atoms with Crippen molar-refractivity contribution < 1.29 is 41.0 Å². The third-order valence-corrected chi connectivity index (χ3v) is 8.00. The van der Waals surface area contributed by atoms with Gasteiger partial charge in [-0.2, -0.15) is 0 Å². The molecule has 0 unspecified atom stereocenters. The second-order valence-electron chi connectivity index (χ2n) is 8.64. The minimum Gasteiger partial charge on any atom is -0.465 e. The van der Waals surface area contributed by atoms with E-state index in [0.717, 1.165) is 11.0 Å².